The molecule has 0 aromatic heterocycles. The van der Waals surface area contributed by atoms with Crippen molar-refractivity contribution in [2.45, 2.75) is 58.0 Å². The Labute approximate surface area is 226 Å². The average Bonchev–Trinajstić information content (AvgIpc) is 2.91. The van der Waals surface area contributed by atoms with Crippen molar-refractivity contribution >= 4 is 27.5 Å². The number of rotatable bonds is 12. The van der Waals surface area contributed by atoms with E-state index in [1.165, 1.54) is 17.0 Å². The minimum absolute atomic E-state index is 0.0917. The van der Waals surface area contributed by atoms with Gasteiger partial charge in [-0.15, -0.1) is 0 Å². The summed E-state index contributed by atoms with van der Waals surface area (Å²) in [6.45, 7) is 7.84. The minimum atomic E-state index is -4.07. The monoisotopic (exact) mass is 535 g/mol. The van der Waals surface area contributed by atoms with Crippen LogP contribution in [0.2, 0.25) is 0 Å². The maximum Gasteiger partial charge on any atom is 0.264 e. The van der Waals surface area contributed by atoms with Gasteiger partial charge in [-0.3, -0.25) is 13.9 Å². The number of hydrogen-bond donors (Lipinski definition) is 1. The van der Waals surface area contributed by atoms with Gasteiger partial charge in [-0.05, 0) is 56.0 Å². The lowest BCUT2D eigenvalue weighted by atomic mass is 10.1. The van der Waals surface area contributed by atoms with Crippen LogP contribution in [0.15, 0.2) is 83.8 Å². The molecule has 3 rings (SSSR count). The molecule has 202 valence electrons. The van der Waals surface area contributed by atoms with Gasteiger partial charge in [0.1, 0.15) is 12.6 Å². The normalized spacial score (nSPS) is 12.0. The first-order valence-corrected chi connectivity index (χ1v) is 14.4. The summed E-state index contributed by atoms with van der Waals surface area (Å²) in [6, 6.07) is 22.2. The predicted molar refractivity (Wildman–Crippen MR) is 151 cm³/mol. The van der Waals surface area contributed by atoms with Gasteiger partial charge in [0.25, 0.3) is 10.0 Å². The number of para-hydroxylation sites is 1. The molecule has 7 nitrogen and oxygen atoms in total. The molecule has 3 aromatic rings. The number of carbonyl (C=O) groups is 2. The summed E-state index contributed by atoms with van der Waals surface area (Å²) in [5.41, 5.74) is 3.04. The van der Waals surface area contributed by atoms with E-state index < -0.39 is 28.5 Å². The molecule has 0 fully saturated rings. The maximum absolute atomic E-state index is 14.0. The molecule has 1 atom stereocenters. The Morgan fingerprint density at radius 2 is 1.58 bits per heavy atom. The third-order valence-electron chi connectivity index (χ3n) is 6.36. The van der Waals surface area contributed by atoms with E-state index in [1.807, 2.05) is 64.1 Å². The van der Waals surface area contributed by atoms with Gasteiger partial charge in [0.05, 0.1) is 10.6 Å². The fourth-order valence-electron chi connectivity index (χ4n) is 4.37. The lowest BCUT2D eigenvalue weighted by Gasteiger charge is -2.33. The quantitative estimate of drug-likeness (QED) is 0.360. The zero-order valence-corrected chi connectivity index (χ0v) is 23.4. The highest BCUT2D eigenvalue weighted by Crippen LogP contribution is 2.27. The summed E-state index contributed by atoms with van der Waals surface area (Å²) in [4.78, 5) is 28.7. The van der Waals surface area contributed by atoms with E-state index >= 15 is 0 Å². The summed E-state index contributed by atoms with van der Waals surface area (Å²) in [5, 5.41) is 2.90. The lowest BCUT2D eigenvalue weighted by Crippen LogP contribution is -2.52. The van der Waals surface area contributed by atoms with Gasteiger partial charge in [-0.1, -0.05) is 80.1 Å². The van der Waals surface area contributed by atoms with Crippen molar-refractivity contribution in [2.24, 2.45) is 0 Å². The molecule has 0 aliphatic rings. The topological polar surface area (TPSA) is 86.8 Å². The van der Waals surface area contributed by atoms with Gasteiger partial charge >= 0.3 is 0 Å². The van der Waals surface area contributed by atoms with Crippen molar-refractivity contribution in [2.75, 3.05) is 17.4 Å². The molecule has 0 saturated heterocycles. The van der Waals surface area contributed by atoms with Crippen LogP contribution in [0.4, 0.5) is 5.69 Å². The average molecular weight is 536 g/mol. The predicted octanol–water partition coefficient (Wildman–Crippen LogP) is 4.83. The molecule has 0 radical (unpaired) electrons. The van der Waals surface area contributed by atoms with Crippen LogP contribution in [-0.2, 0) is 26.2 Å². The SMILES string of the molecule is CCCNC(=O)C(CC)N(Cc1cccc(C)c1)C(=O)CN(c1ccccc1C)S(=O)(=O)c1ccccc1. The highest BCUT2D eigenvalue weighted by molar-refractivity contribution is 7.92. The van der Waals surface area contributed by atoms with Crippen LogP contribution >= 0.6 is 0 Å². The number of amides is 2. The zero-order valence-electron chi connectivity index (χ0n) is 22.6. The molecule has 8 heteroatoms. The number of nitrogens with one attached hydrogen (secondary N) is 1. The van der Waals surface area contributed by atoms with Crippen LogP contribution in [-0.4, -0.2) is 44.3 Å². The molecule has 0 saturated carbocycles. The molecule has 0 spiro atoms. The number of anilines is 1. The molecular formula is C30H37N3O4S. The van der Waals surface area contributed by atoms with E-state index in [9.17, 15) is 18.0 Å². The second-order valence-electron chi connectivity index (χ2n) is 9.34. The molecule has 0 bridgehead atoms. The number of sulfonamides is 1. The first-order valence-electron chi connectivity index (χ1n) is 12.9. The summed E-state index contributed by atoms with van der Waals surface area (Å²) >= 11 is 0. The van der Waals surface area contributed by atoms with Gasteiger partial charge in [0.15, 0.2) is 0 Å². The Hall–Kier alpha value is -3.65. The number of aryl methyl sites for hydroxylation is 2. The second kappa shape index (κ2) is 13.2. The number of benzene rings is 3. The van der Waals surface area contributed by atoms with Crippen LogP contribution in [0, 0.1) is 13.8 Å². The number of nitrogens with zero attached hydrogens (tertiary/aromatic N) is 2. The molecule has 1 N–H and O–H groups in total. The van der Waals surface area contributed by atoms with Crippen LogP contribution in [0.25, 0.3) is 0 Å². The van der Waals surface area contributed by atoms with E-state index in [0.29, 0.717) is 18.7 Å². The van der Waals surface area contributed by atoms with Gasteiger partial charge in [-0.2, -0.15) is 0 Å². The van der Waals surface area contributed by atoms with Gasteiger partial charge < -0.3 is 10.2 Å². The molecule has 1 unspecified atom stereocenters. The van der Waals surface area contributed by atoms with E-state index in [2.05, 4.69) is 5.32 Å². The van der Waals surface area contributed by atoms with E-state index in [0.717, 1.165) is 27.4 Å². The van der Waals surface area contributed by atoms with Crippen LogP contribution in [0.3, 0.4) is 0 Å². The summed E-state index contributed by atoms with van der Waals surface area (Å²) in [7, 11) is -4.07. The molecule has 38 heavy (non-hydrogen) atoms. The molecule has 0 aliphatic carbocycles. The zero-order chi connectivity index (χ0) is 27.7. The highest BCUT2D eigenvalue weighted by Gasteiger charge is 2.34. The summed E-state index contributed by atoms with van der Waals surface area (Å²) in [5.74, 6) is -0.698. The molecule has 3 aromatic carbocycles. The standard InChI is InChI=1S/C30H37N3O4S/c1-5-19-31-30(35)27(6-2)32(21-25-15-12-13-23(3)20-25)29(34)22-33(28-18-11-10-14-24(28)4)38(36,37)26-16-8-7-9-17-26/h7-18,20,27H,5-6,19,21-22H2,1-4H3,(H,31,35). The first-order chi connectivity index (χ1) is 18.2. The van der Waals surface area contributed by atoms with Gasteiger partial charge in [0, 0.05) is 13.1 Å². The fourth-order valence-corrected chi connectivity index (χ4v) is 5.87. The Balaban J connectivity index is 2.05. The third-order valence-corrected chi connectivity index (χ3v) is 8.14. The largest absolute Gasteiger partial charge is 0.354 e. The van der Waals surface area contributed by atoms with Crippen LogP contribution in [0.5, 0.6) is 0 Å². The van der Waals surface area contributed by atoms with Gasteiger partial charge in [0.2, 0.25) is 11.8 Å². The fraction of sp³-hybridized carbons (Fsp3) is 0.333. The Morgan fingerprint density at radius 3 is 2.21 bits per heavy atom. The molecular weight excluding hydrogens is 498 g/mol. The molecule has 0 heterocycles. The Morgan fingerprint density at radius 1 is 0.895 bits per heavy atom. The minimum Gasteiger partial charge on any atom is -0.354 e. The first kappa shape index (κ1) is 28.9. The lowest BCUT2D eigenvalue weighted by molar-refractivity contribution is -0.140. The third kappa shape index (κ3) is 7.01. The van der Waals surface area contributed by atoms with Crippen molar-refractivity contribution in [3.8, 4) is 0 Å². The van der Waals surface area contributed by atoms with E-state index in [-0.39, 0.29) is 17.3 Å². The van der Waals surface area contributed by atoms with Crippen molar-refractivity contribution in [3.05, 3.63) is 95.6 Å². The number of carbonyl (C=O) groups excluding carboxylic acids is 2. The van der Waals surface area contributed by atoms with Crippen LogP contribution < -0.4 is 9.62 Å². The molecule has 2 amide bonds. The van der Waals surface area contributed by atoms with Crippen molar-refractivity contribution < 1.29 is 18.0 Å². The van der Waals surface area contributed by atoms with Crippen molar-refractivity contribution in [1.82, 2.24) is 10.2 Å². The van der Waals surface area contributed by atoms with E-state index in [4.69, 9.17) is 0 Å². The summed E-state index contributed by atoms with van der Waals surface area (Å²) in [6.07, 6.45) is 1.16. The smallest absolute Gasteiger partial charge is 0.264 e. The van der Waals surface area contributed by atoms with E-state index in [1.54, 1.807) is 30.3 Å². The molecule has 0 aliphatic heterocycles. The van der Waals surface area contributed by atoms with Crippen LogP contribution in [0.1, 0.15) is 43.4 Å². The van der Waals surface area contributed by atoms with Crippen molar-refractivity contribution in [3.63, 3.8) is 0 Å². The Kier molecular flexibility index (Phi) is 10.1. The summed E-state index contributed by atoms with van der Waals surface area (Å²) < 4.78 is 28.8. The van der Waals surface area contributed by atoms with Crippen molar-refractivity contribution in [1.29, 1.82) is 0 Å². The second-order valence-corrected chi connectivity index (χ2v) is 11.2. The van der Waals surface area contributed by atoms with Gasteiger partial charge in [-0.25, -0.2) is 8.42 Å². The maximum atomic E-state index is 14.0. The Bertz CT molecular complexity index is 1340. The highest BCUT2D eigenvalue weighted by atomic mass is 32.2. The number of hydrogen-bond acceptors (Lipinski definition) is 4.